The molecule has 0 aromatic heterocycles. The average molecular weight is 362 g/mol. The number of hydrogen-bond donors (Lipinski definition) is 3. The molecule has 0 aromatic rings. The number of likely N-dealkylation sites (tertiary alicyclic amines) is 1. The Morgan fingerprint density at radius 2 is 2.00 bits per heavy atom. The van der Waals surface area contributed by atoms with Crippen molar-refractivity contribution in [3.8, 4) is 0 Å². The number of piperidine rings is 1. The van der Waals surface area contributed by atoms with E-state index in [2.05, 4.69) is 15.6 Å². The number of guanidine groups is 1. The highest BCUT2D eigenvalue weighted by atomic mass is 19.3. The predicted molar refractivity (Wildman–Crippen MR) is 94.1 cm³/mol. The third-order valence-corrected chi connectivity index (χ3v) is 4.49. The summed E-state index contributed by atoms with van der Waals surface area (Å²) >= 11 is 0. The Kier molecular flexibility index (Phi) is 8.84. The summed E-state index contributed by atoms with van der Waals surface area (Å²) in [5.74, 6) is 1.35. The van der Waals surface area contributed by atoms with Crippen LogP contribution in [0.5, 0.6) is 0 Å². The summed E-state index contributed by atoms with van der Waals surface area (Å²) in [6, 6.07) is 0.218. The maximum atomic E-state index is 12.4. The minimum Gasteiger partial charge on any atom is -0.389 e. The number of aliphatic hydroxyl groups is 1. The van der Waals surface area contributed by atoms with Gasteiger partial charge in [0.05, 0.1) is 25.8 Å². The van der Waals surface area contributed by atoms with Crippen molar-refractivity contribution in [2.24, 2.45) is 10.9 Å². The first-order valence-electron chi connectivity index (χ1n) is 9.38. The van der Waals surface area contributed by atoms with E-state index in [9.17, 15) is 13.9 Å². The van der Waals surface area contributed by atoms with Gasteiger partial charge in [0.25, 0.3) is 6.43 Å². The standard InChI is InChI=1S/C17H32F2N4O2/c1-2-20-17(21-9-15(24)12-25-11-13-3-4-13)22-14-5-7-23(8-6-14)10-16(18)19/h13-16,24H,2-12H2,1H3,(H2,20,21,22). The zero-order valence-electron chi connectivity index (χ0n) is 15.1. The average Bonchev–Trinajstić information content (AvgIpc) is 3.38. The van der Waals surface area contributed by atoms with Crippen LogP contribution in [0.15, 0.2) is 4.99 Å². The van der Waals surface area contributed by atoms with Crippen molar-refractivity contribution in [3.63, 3.8) is 0 Å². The fourth-order valence-electron chi connectivity index (χ4n) is 2.87. The van der Waals surface area contributed by atoms with Gasteiger partial charge in [0, 0.05) is 32.3 Å². The number of halogens is 2. The highest BCUT2D eigenvalue weighted by Crippen LogP contribution is 2.28. The van der Waals surface area contributed by atoms with Gasteiger partial charge in [-0.1, -0.05) is 0 Å². The number of alkyl halides is 2. The molecule has 8 heteroatoms. The van der Waals surface area contributed by atoms with E-state index in [1.54, 1.807) is 4.90 Å². The minimum atomic E-state index is -2.27. The summed E-state index contributed by atoms with van der Waals surface area (Å²) in [6.45, 7) is 5.22. The number of aliphatic imine (C=N–C) groups is 1. The number of nitrogens with zero attached hydrogens (tertiary/aromatic N) is 2. The largest absolute Gasteiger partial charge is 0.389 e. The van der Waals surface area contributed by atoms with Gasteiger partial charge in [0.2, 0.25) is 0 Å². The zero-order chi connectivity index (χ0) is 18.1. The second kappa shape index (κ2) is 10.9. The summed E-state index contributed by atoms with van der Waals surface area (Å²) in [6.07, 6.45) is 1.21. The SMILES string of the molecule is CCNC(=NCC(O)COCC1CC1)NC1CCN(CC(F)F)CC1. The second-order valence-corrected chi connectivity index (χ2v) is 6.96. The van der Waals surface area contributed by atoms with Crippen LogP contribution in [0.3, 0.4) is 0 Å². The van der Waals surface area contributed by atoms with E-state index < -0.39 is 12.5 Å². The van der Waals surface area contributed by atoms with Gasteiger partial charge in [-0.25, -0.2) is 8.78 Å². The van der Waals surface area contributed by atoms with E-state index in [4.69, 9.17) is 4.74 Å². The fraction of sp³-hybridized carbons (Fsp3) is 0.941. The molecule has 0 spiro atoms. The molecule has 6 nitrogen and oxygen atoms in total. The Morgan fingerprint density at radius 1 is 1.28 bits per heavy atom. The van der Waals surface area contributed by atoms with Crippen molar-refractivity contribution in [3.05, 3.63) is 0 Å². The quantitative estimate of drug-likeness (QED) is 0.400. The number of nitrogens with one attached hydrogen (secondary N) is 2. The number of rotatable bonds is 10. The van der Waals surface area contributed by atoms with Gasteiger partial charge in [-0.05, 0) is 38.5 Å². The van der Waals surface area contributed by atoms with Crippen molar-refractivity contribution in [2.75, 3.05) is 45.9 Å². The Labute approximate surface area is 149 Å². The molecule has 2 rings (SSSR count). The van der Waals surface area contributed by atoms with Crippen LogP contribution < -0.4 is 10.6 Å². The Hall–Kier alpha value is -0.990. The minimum absolute atomic E-state index is 0.145. The number of ether oxygens (including phenoxy) is 1. The Morgan fingerprint density at radius 3 is 2.60 bits per heavy atom. The van der Waals surface area contributed by atoms with E-state index in [1.807, 2.05) is 6.92 Å². The highest BCUT2D eigenvalue weighted by Gasteiger charge is 2.23. The lowest BCUT2D eigenvalue weighted by Crippen LogP contribution is -2.49. The molecule has 2 aliphatic rings. The molecule has 1 heterocycles. The molecule has 25 heavy (non-hydrogen) atoms. The lowest BCUT2D eigenvalue weighted by atomic mass is 10.1. The summed E-state index contributed by atoms with van der Waals surface area (Å²) in [7, 11) is 0. The molecule has 0 aromatic carbocycles. The van der Waals surface area contributed by atoms with Gasteiger partial charge in [0.15, 0.2) is 5.96 Å². The summed E-state index contributed by atoms with van der Waals surface area (Å²) < 4.78 is 30.3. The summed E-state index contributed by atoms with van der Waals surface area (Å²) in [5, 5.41) is 16.5. The molecule has 0 amide bonds. The maximum Gasteiger partial charge on any atom is 0.251 e. The Bertz CT molecular complexity index is 400. The first-order valence-corrected chi connectivity index (χ1v) is 9.38. The number of aliphatic hydroxyl groups excluding tert-OH is 1. The topological polar surface area (TPSA) is 69.1 Å². The zero-order valence-corrected chi connectivity index (χ0v) is 15.1. The van der Waals surface area contributed by atoms with Crippen LogP contribution in [0.25, 0.3) is 0 Å². The van der Waals surface area contributed by atoms with E-state index in [0.29, 0.717) is 31.6 Å². The fourth-order valence-corrected chi connectivity index (χ4v) is 2.87. The summed E-state index contributed by atoms with van der Waals surface area (Å²) in [5.41, 5.74) is 0. The first kappa shape index (κ1) is 20.3. The van der Waals surface area contributed by atoms with Crippen molar-refractivity contribution < 1.29 is 18.6 Å². The molecule has 1 aliphatic heterocycles. The molecule has 1 unspecified atom stereocenters. The maximum absolute atomic E-state index is 12.4. The van der Waals surface area contributed by atoms with E-state index in [-0.39, 0.29) is 19.1 Å². The molecule has 146 valence electrons. The molecule has 3 N–H and O–H groups in total. The lowest BCUT2D eigenvalue weighted by molar-refractivity contribution is 0.0368. The lowest BCUT2D eigenvalue weighted by Gasteiger charge is -2.32. The van der Waals surface area contributed by atoms with Gasteiger partial charge in [0.1, 0.15) is 0 Å². The molecule has 0 radical (unpaired) electrons. The van der Waals surface area contributed by atoms with E-state index in [1.165, 1.54) is 12.8 Å². The van der Waals surface area contributed by atoms with Crippen molar-refractivity contribution >= 4 is 5.96 Å². The van der Waals surface area contributed by atoms with Crippen LogP contribution in [0.4, 0.5) is 8.78 Å². The van der Waals surface area contributed by atoms with Crippen molar-refractivity contribution in [1.82, 2.24) is 15.5 Å². The molecular formula is C17H32F2N4O2. The van der Waals surface area contributed by atoms with Gasteiger partial charge in [-0.3, -0.25) is 9.89 Å². The van der Waals surface area contributed by atoms with Crippen LogP contribution in [0.1, 0.15) is 32.6 Å². The smallest absolute Gasteiger partial charge is 0.251 e. The van der Waals surface area contributed by atoms with Gasteiger partial charge in [-0.2, -0.15) is 0 Å². The molecule has 1 atom stereocenters. The monoisotopic (exact) mass is 362 g/mol. The molecule has 1 saturated carbocycles. The Balaban J connectivity index is 1.67. The van der Waals surface area contributed by atoms with Crippen LogP contribution in [0.2, 0.25) is 0 Å². The first-order chi connectivity index (χ1) is 12.1. The van der Waals surface area contributed by atoms with Crippen molar-refractivity contribution in [1.29, 1.82) is 0 Å². The van der Waals surface area contributed by atoms with Gasteiger partial charge >= 0.3 is 0 Å². The molecule has 1 aliphatic carbocycles. The third kappa shape index (κ3) is 8.78. The molecule has 0 bridgehead atoms. The van der Waals surface area contributed by atoms with Gasteiger partial charge in [-0.15, -0.1) is 0 Å². The molecule has 2 fully saturated rings. The van der Waals surface area contributed by atoms with Crippen molar-refractivity contribution in [2.45, 2.75) is 51.2 Å². The highest BCUT2D eigenvalue weighted by molar-refractivity contribution is 5.80. The van der Waals surface area contributed by atoms with Gasteiger partial charge < -0.3 is 20.5 Å². The van der Waals surface area contributed by atoms with E-state index in [0.717, 1.165) is 26.0 Å². The molecular weight excluding hydrogens is 330 g/mol. The summed E-state index contributed by atoms with van der Waals surface area (Å²) in [4.78, 5) is 6.22. The van der Waals surface area contributed by atoms with Crippen LogP contribution >= 0.6 is 0 Å². The number of hydrogen-bond acceptors (Lipinski definition) is 4. The second-order valence-electron chi connectivity index (χ2n) is 6.96. The van der Waals surface area contributed by atoms with Crippen LogP contribution in [-0.2, 0) is 4.74 Å². The van der Waals surface area contributed by atoms with Crippen LogP contribution in [-0.4, -0.2) is 80.5 Å². The predicted octanol–water partition coefficient (Wildman–Crippen LogP) is 1.06. The third-order valence-electron chi connectivity index (χ3n) is 4.49. The van der Waals surface area contributed by atoms with Crippen LogP contribution in [0, 0.1) is 5.92 Å². The normalized spacial score (nSPS) is 21.6. The van der Waals surface area contributed by atoms with E-state index >= 15 is 0 Å². The molecule has 1 saturated heterocycles.